The second-order valence-corrected chi connectivity index (χ2v) is 7.96. The van der Waals surface area contributed by atoms with Gasteiger partial charge in [-0.25, -0.2) is 4.98 Å². The fraction of sp³-hybridized carbons (Fsp3) is 0.765. The Labute approximate surface area is 143 Å². The lowest BCUT2D eigenvalue weighted by Gasteiger charge is -2.33. The van der Waals surface area contributed by atoms with Crippen LogP contribution in [0.1, 0.15) is 41.3 Å². The molecule has 3 rings (SSSR count). The van der Waals surface area contributed by atoms with Gasteiger partial charge in [0.05, 0.1) is 10.7 Å². The highest BCUT2D eigenvalue weighted by atomic mass is 32.1. The fourth-order valence-corrected chi connectivity index (χ4v) is 4.27. The Balaban J connectivity index is 1.39. The first-order chi connectivity index (χ1) is 11.2. The molecule has 1 aromatic rings. The van der Waals surface area contributed by atoms with Crippen molar-refractivity contribution in [1.29, 1.82) is 0 Å². The SMILES string of the molecule is CN=C(NCCc1sc(C)nc1C)NC1CCN(C2CC2)CC1. The van der Waals surface area contributed by atoms with Crippen LogP contribution in [-0.2, 0) is 6.42 Å². The van der Waals surface area contributed by atoms with Crippen LogP contribution in [0, 0.1) is 13.8 Å². The van der Waals surface area contributed by atoms with Gasteiger partial charge < -0.3 is 15.5 Å². The van der Waals surface area contributed by atoms with E-state index in [1.165, 1.54) is 49.3 Å². The van der Waals surface area contributed by atoms with Gasteiger partial charge in [-0.1, -0.05) is 0 Å². The predicted octanol–water partition coefficient (Wildman–Crippen LogP) is 2.09. The molecule has 0 atom stereocenters. The molecule has 0 unspecified atom stereocenters. The quantitative estimate of drug-likeness (QED) is 0.639. The maximum Gasteiger partial charge on any atom is 0.191 e. The number of rotatable bonds is 5. The van der Waals surface area contributed by atoms with Crippen molar-refractivity contribution in [3.63, 3.8) is 0 Å². The molecule has 0 bridgehead atoms. The van der Waals surface area contributed by atoms with Gasteiger partial charge in [0.25, 0.3) is 0 Å². The van der Waals surface area contributed by atoms with E-state index in [1.807, 2.05) is 7.05 Å². The molecule has 6 heteroatoms. The number of nitrogens with zero attached hydrogens (tertiary/aromatic N) is 3. The van der Waals surface area contributed by atoms with E-state index < -0.39 is 0 Å². The van der Waals surface area contributed by atoms with Crippen molar-refractivity contribution in [3.8, 4) is 0 Å². The molecule has 1 aliphatic heterocycles. The van der Waals surface area contributed by atoms with Gasteiger partial charge in [-0.3, -0.25) is 4.99 Å². The normalized spacial score (nSPS) is 20.7. The Morgan fingerprint density at radius 1 is 1.26 bits per heavy atom. The molecule has 1 saturated heterocycles. The van der Waals surface area contributed by atoms with Crippen LogP contribution in [0.4, 0.5) is 0 Å². The second-order valence-electron chi connectivity index (χ2n) is 6.68. The number of guanidine groups is 1. The van der Waals surface area contributed by atoms with Gasteiger partial charge in [0, 0.05) is 50.1 Å². The van der Waals surface area contributed by atoms with E-state index in [9.17, 15) is 0 Å². The average Bonchev–Trinajstić information content (AvgIpc) is 3.33. The molecule has 2 aliphatic rings. The first kappa shape index (κ1) is 16.7. The van der Waals surface area contributed by atoms with Crippen LogP contribution >= 0.6 is 11.3 Å². The third kappa shape index (κ3) is 4.67. The van der Waals surface area contributed by atoms with Crippen molar-refractivity contribution in [1.82, 2.24) is 20.5 Å². The minimum absolute atomic E-state index is 0.559. The second kappa shape index (κ2) is 7.62. The highest BCUT2D eigenvalue weighted by Crippen LogP contribution is 2.29. The standard InChI is InChI=1S/C17H29N5S/c1-12-16(23-13(2)20-12)6-9-19-17(18-3)21-14-7-10-22(11-8-14)15-4-5-15/h14-15H,4-11H2,1-3H3,(H2,18,19,21). The minimum atomic E-state index is 0.559. The first-order valence-electron chi connectivity index (χ1n) is 8.80. The molecule has 1 aromatic heterocycles. The summed E-state index contributed by atoms with van der Waals surface area (Å²) in [5.74, 6) is 0.939. The Hall–Kier alpha value is -1.14. The monoisotopic (exact) mass is 335 g/mol. The van der Waals surface area contributed by atoms with Crippen molar-refractivity contribution in [2.75, 3.05) is 26.7 Å². The summed E-state index contributed by atoms with van der Waals surface area (Å²) in [5.41, 5.74) is 1.17. The third-order valence-electron chi connectivity index (χ3n) is 4.80. The number of likely N-dealkylation sites (tertiary alicyclic amines) is 1. The van der Waals surface area contributed by atoms with Crippen LogP contribution in [0.3, 0.4) is 0 Å². The first-order valence-corrected chi connectivity index (χ1v) is 9.61. The molecule has 128 valence electrons. The van der Waals surface area contributed by atoms with E-state index in [4.69, 9.17) is 0 Å². The summed E-state index contributed by atoms with van der Waals surface area (Å²) in [6.45, 7) is 7.54. The molecule has 0 spiro atoms. The smallest absolute Gasteiger partial charge is 0.191 e. The van der Waals surface area contributed by atoms with Crippen LogP contribution in [0.2, 0.25) is 0 Å². The molecule has 5 nitrogen and oxygen atoms in total. The van der Waals surface area contributed by atoms with E-state index in [1.54, 1.807) is 11.3 Å². The van der Waals surface area contributed by atoms with Crippen molar-refractivity contribution in [2.45, 2.75) is 58.0 Å². The summed E-state index contributed by atoms with van der Waals surface area (Å²) < 4.78 is 0. The van der Waals surface area contributed by atoms with Crippen LogP contribution in [0.25, 0.3) is 0 Å². The van der Waals surface area contributed by atoms with Crippen LogP contribution < -0.4 is 10.6 Å². The molecule has 1 aliphatic carbocycles. The van der Waals surface area contributed by atoms with Gasteiger partial charge in [0.2, 0.25) is 0 Å². The lowest BCUT2D eigenvalue weighted by Crippen LogP contribution is -2.49. The van der Waals surface area contributed by atoms with E-state index >= 15 is 0 Å². The molecule has 0 amide bonds. The van der Waals surface area contributed by atoms with E-state index in [0.29, 0.717) is 6.04 Å². The number of hydrogen-bond donors (Lipinski definition) is 2. The van der Waals surface area contributed by atoms with Crippen LogP contribution in [-0.4, -0.2) is 54.6 Å². The maximum atomic E-state index is 4.49. The van der Waals surface area contributed by atoms with E-state index in [0.717, 1.165) is 30.0 Å². The average molecular weight is 336 g/mol. The Bertz CT molecular complexity index is 541. The zero-order chi connectivity index (χ0) is 16.2. The molecule has 0 radical (unpaired) electrons. The van der Waals surface area contributed by atoms with Gasteiger partial charge in [0.1, 0.15) is 0 Å². The fourth-order valence-electron chi connectivity index (χ4n) is 3.34. The number of aliphatic imine (C=N–C) groups is 1. The summed E-state index contributed by atoms with van der Waals surface area (Å²) in [4.78, 5) is 12.9. The van der Waals surface area contributed by atoms with Crippen molar-refractivity contribution < 1.29 is 0 Å². The minimum Gasteiger partial charge on any atom is -0.356 e. The third-order valence-corrected chi connectivity index (χ3v) is 5.93. The highest BCUT2D eigenvalue weighted by Gasteiger charge is 2.31. The van der Waals surface area contributed by atoms with Gasteiger partial charge in [0.15, 0.2) is 5.96 Å². The predicted molar refractivity (Wildman–Crippen MR) is 97.4 cm³/mol. The number of hydrogen-bond acceptors (Lipinski definition) is 4. The lowest BCUT2D eigenvalue weighted by atomic mass is 10.1. The number of nitrogens with one attached hydrogen (secondary N) is 2. The van der Waals surface area contributed by atoms with Gasteiger partial charge in [-0.05, 0) is 39.5 Å². The van der Waals surface area contributed by atoms with Crippen LogP contribution in [0.15, 0.2) is 4.99 Å². The number of aryl methyl sites for hydroxylation is 2. The van der Waals surface area contributed by atoms with Gasteiger partial charge >= 0.3 is 0 Å². The summed E-state index contributed by atoms with van der Waals surface area (Å²) in [6.07, 6.45) is 6.29. The molecule has 0 aromatic carbocycles. The Morgan fingerprint density at radius 2 is 2.00 bits per heavy atom. The molecule has 2 N–H and O–H groups in total. The maximum absolute atomic E-state index is 4.49. The van der Waals surface area contributed by atoms with E-state index in [2.05, 4.69) is 39.4 Å². The van der Waals surface area contributed by atoms with Crippen molar-refractivity contribution in [3.05, 3.63) is 15.6 Å². The topological polar surface area (TPSA) is 52.6 Å². The molecule has 2 heterocycles. The molecular formula is C17H29N5S. The highest BCUT2D eigenvalue weighted by molar-refractivity contribution is 7.11. The molecular weight excluding hydrogens is 306 g/mol. The van der Waals surface area contributed by atoms with Gasteiger partial charge in [-0.2, -0.15) is 0 Å². The largest absolute Gasteiger partial charge is 0.356 e. The summed E-state index contributed by atoms with van der Waals surface area (Å²) in [7, 11) is 1.86. The summed E-state index contributed by atoms with van der Waals surface area (Å²) >= 11 is 1.80. The zero-order valence-electron chi connectivity index (χ0n) is 14.6. The Kier molecular flexibility index (Phi) is 5.54. The number of piperidine rings is 1. The molecule has 2 fully saturated rings. The Morgan fingerprint density at radius 3 is 2.57 bits per heavy atom. The van der Waals surface area contributed by atoms with Crippen molar-refractivity contribution >= 4 is 17.3 Å². The number of thiazole rings is 1. The summed E-state index contributed by atoms with van der Waals surface area (Å²) in [5, 5.41) is 8.20. The molecule has 23 heavy (non-hydrogen) atoms. The number of aromatic nitrogens is 1. The van der Waals surface area contributed by atoms with E-state index in [-0.39, 0.29) is 0 Å². The lowest BCUT2D eigenvalue weighted by molar-refractivity contribution is 0.197. The van der Waals surface area contributed by atoms with Crippen molar-refractivity contribution in [2.24, 2.45) is 4.99 Å². The van der Waals surface area contributed by atoms with Crippen LogP contribution in [0.5, 0.6) is 0 Å². The molecule has 1 saturated carbocycles. The zero-order valence-corrected chi connectivity index (χ0v) is 15.4. The van der Waals surface area contributed by atoms with Gasteiger partial charge in [-0.15, -0.1) is 11.3 Å². The summed E-state index contributed by atoms with van der Waals surface area (Å²) in [6, 6.07) is 1.46.